The molecule has 2 fully saturated rings. The highest BCUT2D eigenvalue weighted by molar-refractivity contribution is 5.79. The molecule has 2 heterocycles. The molecule has 0 radical (unpaired) electrons. The zero-order chi connectivity index (χ0) is 14.5. The zero-order valence-corrected chi connectivity index (χ0v) is 12.5. The van der Waals surface area contributed by atoms with Crippen LogP contribution in [0.25, 0.3) is 0 Å². The molecule has 4 nitrogen and oxygen atoms in total. The quantitative estimate of drug-likeness (QED) is 0.918. The van der Waals surface area contributed by atoms with Crippen LogP contribution in [-0.4, -0.2) is 43.1 Å². The van der Waals surface area contributed by atoms with Gasteiger partial charge in [0.15, 0.2) is 0 Å². The van der Waals surface area contributed by atoms with E-state index in [1.807, 2.05) is 23.1 Å². The van der Waals surface area contributed by atoms with Crippen molar-refractivity contribution in [3.63, 3.8) is 0 Å². The predicted molar refractivity (Wildman–Crippen MR) is 81.8 cm³/mol. The molecule has 1 N–H and O–H groups in total. The highest BCUT2D eigenvalue weighted by Gasteiger charge is 2.30. The number of amides is 1. The van der Waals surface area contributed by atoms with E-state index in [0.29, 0.717) is 12.5 Å². The van der Waals surface area contributed by atoms with Crippen molar-refractivity contribution >= 4 is 5.91 Å². The van der Waals surface area contributed by atoms with E-state index >= 15 is 0 Å². The average Bonchev–Trinajstić information content (AvgIpc) is 3.08. The van der Waals surface area contributed by atoms with Gasteiger partial charge in [-0.3, -0.25) is 4.79 Å². The van der Waals surface area contributed by atoms with Gasteiger partial charge in [0.25, 0.3) is 0 Å². The second-order valence-electron chi connectivity index (χ2n) is 6.01. The van der Waals surface area contributed by atoms with E-state index in [1.165, 1.54) is 5.56 Å². The van der Waals surface area contributed by atoms with Crippen molar-refractivity contribution in [3.05, 3.63) is 35.9 Å². The maximum absolute atomic E-state index is 12.3. The van der Waals surface area contributed by atoms with Crippen molar-refractivity contribution < 1.29 is 9.53 Å². The van der Waals surface area contributed by atoms with Crippen LogP contribution in [0.1, 0.15) is 24.8 Å². The lowest BCUT2D eigenvalue weighted by atomic mass is 10.0. The first-order chi connectivity index (χ1) is 10.3. The molecule has 3 rings (SSSR count). The minimum absolute atomic E-state index is 0.201. The molecule has 1 aromatic carbocycles. The van der Waals surface area contributed by atoms with Crippen LogP contribution in [0, 0.1) is 5.92 Å². The van der Waals surface area contributed by atoms with Crippen LogP contribution in [0.4, 0.5) is 0 Å². The zero-order valence-electron chi connectivity index (χ0n) is 12.5. The number of piperidine rings is 1. The number of likely N-dealkylation sites (tertiary alicyclic amines) is 1. The van der Waals surface area contributed by atoms with Crippen molar-refractivity contribution in [1.82, 2.24) is 10.2 Å². The van der Waals surface area contributed by atoms with Crippen LogP contribution in [0.2, 0.25) is 0 Å². The SMILES string of the molecule is O=C(C1CCNC1)N1CCC(OCc2ccccc2)CC1. The van der Waals surface area contributed by atoms with Crippen molar-refractivity contribution in [2.75, 3.05) is 26.2 Å². The molecule has 2 aliphatic heterocycles. The molecule has 1 unspecified atom stereocenters. The molecule has 0 aromatic heterocycles. The first kappa shape index (κ1) is 14.5. The fourth-order valence-corrected chi connectivity index (χ4v) is 3.15. The first-order valence-electron chi connectivity index (χ1n) is 7.98. The van der Waals surface area contributed by atoms with Crippen LogP contribution >= 0.6 is 0 Å². The summed E-state index contributed by atoms with van der Waals surface area (Å²) in [6.07, 6.45) is 3.19. The van der Waals surface area contributed by atoms with Crippen LogP contribution in [-0.2, 0) is 16.1 Å². The maximum Gasteiger partial charge on any atom is 0.227 e. The van der Waals surface area contributed by atoms with Crippen molar-refractivity contribution in [2.45, 2.75) is 32.0 Å². The van der Waals surface area contributed by atoms with Gasteiger partial charge < -0.3 is 15.0 Å². The minimum atomic E-state index is 0.201. The minimum Gasteiger partial charge on any atom is -0.373 e. The lowest BCUT2D eigenvalue weighted by molar-refractivity contribution is -0.137. The molecule has 0 saturated carbocycles. The van der Waals surface area contributed by atoms with Crippen LogP contribution in [0.15, 0.2) is 30.3 Å². The number of hydrogen-bond acceptors (Lipinski definition) is 3. The Hall–Kier alpha value is -1.39. The normalized spacial score (nSPS) is 23.4. The Labute approximate surface area is 126 Å². The van der Waals surface area contributed by atoms with E-state index in [-0.39, 0.29) is 12.0 Å². The number of carbonyl (C=O) groups is 1. The lowest BCUT2D eigenvalue weighted by Crippen LogP contribution is -2.44. The van der Waals surface area contributed by atoms with Gasteiger partial charge in [-0.1, -0.05) is 30.3 Å². The fourth-order valence-electron chi connectivity index (χ4n) is 3.15. The van der Waals surface area contributed by atoms with Crippen molar-refractivity contribution in [1.29, 1.82) is 0 Å². The van der Waals surface area contributed by atoms with Gasteiger partial charge in [-0.2, -0.15) is 0 Å². The van der Waals surface area contributed by atoms with E-state index in [0.717, 1.165) is 45.4 Å². The molecule has 4 heteroatoms. The third-order valence-electron chi connectivity index (χ3n) is 4.49. The monoisotopic (exact) mass is 288 g/mol. The molecular weight excluding hydrogens is 264 g/mol. The Bertz CT molecular complexity index is 449. The number of nitrogens with zero attached hydrogens (tertiary/aromatic N) is 1. The molecule has 114 valence electrons. The smallest absolute Gasteiger partial charge is 0.227 e. The highest BCUT2D eigenvalue weighted by Crippen LogP contribution is 2.19. The summed E-state index contributed by atoms with van der Waals surface area (Å²) in [7, 11) is 0. The number of benzene rings is 1. The second-order valence-corrected chi connectivity index (χ2v) is 6.01. The highest BCUT2D eigenvalue weighted by atomic mass is 16.5. The molecule has 1 amide bonds. The summed E-state index contributed by atoms with van der Waals surface area (Å²) in [6.45, 7) is 4.19. The maximum atomic E-state index is 12.3. The molecule has 0 spiro atoms. The van der Waals surface area contributed by atoms with E-state index < -0.39 is 0 Å². The largest absolute Gasteiger partial charge is 0.373 e. The topological polar surface area (TPSA) is 41.6 Å². The summed E-state index contributed by atoms with van der Waals surface area (Å²) in [5.41, 5.74) is 1.22. The van der Waals surface area contributed by atoms with E-state index in [1.54, 1.807) is 0 Å². The second kappa shape index (κ2) is 7.05. The molecule has 0 bridgehead atoms. The summed E-state index contributed by atoms with van der Waals surface area (Å²) < 4.78 is 5.97. The van der Waals surface area contributed by atoms with E-state index in [2.05, 4.69) is 17.4 Å². The number of carbonyl (C=O) groups excluding carboxylic acids is 1. The summed E-state index contributed by atoms with van der Waals surface area (Å²) in [5.74, 6) is 0.535. The average molecular weight is 288 g/mol. The Morgan fingerprint density at radius 3 is 2.62 bits per heavy atom. The predicted octanol–water partition coefficient (Wildman–Crippen LogP) is 1.80. The van der Waals surface area contributed by atoms with Crippen LogP contribution in [0.5, 0.6) is 0 Å². The number of rotatable bonds is 4. The standard InChI is InChI=1S/C17H24N2O2/c20-17(15-6-9-18-12-15)19-10-7-16(8-11-19)21-13-14-4-2-1-3-5-14/h1-5,15-16,18H,6-13H2. The van der Waals surface area contributed by atoms with Crippen LogP contribution in [0.3, 0.4) is 0 Å². The summed E-state index contributed by atoms with van der Waals surface area (Å²) >= 11 is 0. The van der Waals surface area contributed by atoms with E-state index in [4.69, 9.17) is 4.74 Å². The van der Waals surface area contributed by atoms with Gasteiger partial charge in [0.2, 0.25) is 5.91 Å². The van der Waals surface area contributed by atoms with Gasteiger partial charge in [-0.15, -0.1) is 0 Å². The van der Waals surface area contributed by atoms with Crippen molar-refractivity contribution in [3.8, 4) is 0 Å². The lowest BCUT2D eigenvalue weighted by Gasteiger charge is -2.33. The summed E-state index contributed by atoms with van der Waals surface area (Å²) in [5, 5.41) is 3.27. The molecule has 1 aromatic rings. The van der Waals surface area contributed by atoms with Gasteiger partial charge in [-0.25, -0.2) is 0 Å². The van der Waals surface area contributed by atoms with Gasteiger partial charge in [0.1, 0.15) is 0 Å². The summed E-state index contributed by atoms with van der Waals surface area (Å²) in [4.78, 5) is 14.4. The number of ether oxygens (including phenoxy) is 1. The number of hydrogen-bond donors (Lipinski definition) is 1. The van der Waals surface area contributed by atoms with Crippen LogP contribution < -0.4 is 5.32 Å². The molecule has 21 heavy (non-hydrogen) atoms. The molecule has 2 saturated heterocycles. The fraction of sp³-hybridized carbons (Fsp3) is 0.588. The third kappa shape index (κ3) is 3.83. The molecule has 2 aliphatic rings. The van der Waals surface area contributed by atoms with Gasteiger partial charge >= 0.3 is 0 Å². The number of nitrogens with one attached hydrogen (secondary N) is 1. The Kier molecular flexibility index (Phi) is 4.88. The molecule has 1 atom stereocenters. The van der Waals surface area contributed by atoms with E-state index in [9.17, 15) is 4.79 Å². The van der Waals surface area contributed by atoms with Gasteiger partial charge in [0.05, 0.1) is 18.6 Å². The Morgan fingerprint density at radius 1 is 1.19 bits per heavy atom. The first-order valence-corrected chi connectivity index (χ1v) is 7.98. The van der Waals surface area contributed by atoms with Crippen molar-refractivity contribution in [2.24, 2.45) is 5.92 Å². The van der Waals surface area contributed by atoms with Gasteiger partial charge in [0, 0.05) is 19.6 Å². The Morgan fingerprint density at radius 2 is 1.95 bits per heavy atom. The third-order valence-corrected chi connectivity index (χ3v) is 4.49. The summed E-state index contributed by atoms with van der Waals surface area (Å²) in [6, 6.07) is 10.3. The molecule has 0 aliphatic carbocycles. The molecular formula is C17H24N2O2. The Balaban J connectivity index is 1.41. The van der Waals surface area contributed by atoms with Gasteiger partial charge in [-0.05, 0) is 31.4 Å².